The van der Waals surface area contributed by atoms with Crippen molar-refractivity contribution in [1.29, 1.82) is 0 Å². The van der Waals surface area contributed by atoms with Gasteiger partial charge in [-0.2, -0.15) is 0 Å². The SMILES string of the molecule is c1ccc(-c2cccc(-n3c4ccccc4c4cc(-c5ccc6oc7cccc(-c8nc(-c9ccccc9)nc(-c9ccccc9-c9cccc%10sc%11ccccc%11c9%10)n8)c7c6c5)ccc43)c2)cc1. The van der Waals surface area contributed by atoms with E-state index < -0.39 is 0 Å². The third-order valence-corrected chi connectivity index (χ3v) is 14.6. The van der Waals surface area contributed by atoms with Gasteiger partial charge in [0.15, 0.2) is 17.5 Å². The molecule has 0 aliphatic carbocycles. The first-order valence-corrected chi connectivity index (χ1v) is 24.0. The van der Waals surface area contributed by atoms with Crippen LogP contribution in [0.25, 0.3) is 137 Å². The Bertz CT molecular complexity index is 4320. The molecule has 0 radical (unpaired) electrons. The minimum absolute atomic E-state index is 0.581. The highest BCUT2D eigenvalue weighted by atomic mass is 32.1. The largest absolute Gasteiger partial charge is 0.456 e. The number of benzene rings is 10. The second kappa shape index (κ2) is 15.8. The summed E-state index contributed by atoms with van der Waals surface area (Å²) in [5.41, 5.74) is 14.6. The van der Waals surface area contributed by atoms with E-state index in [0.29, 0.717) is 17.5 Å². The maximum atomic E-state index is 6.63. The molecule has 0 aliphatic rings. The summed E-state index contributed by atoms with van der Waals surface area (Å²) < 4.78 is 11.5. The quantitative estimate of drug-likeness (QED) is 0.160. The lowest BCUT2D eigenvalue weighted by Gasteiger charge is -2.13. The van der Waals surface area contributed by atoms with E-state index in [1.165, 1.54) is 47.6 Å². The van der Waals surface area contributed by atoms with Crippen molar-refractivity contribution in [2.75, 3.05) is 0 Å². The summed E-state index contributed by atoms with van der Waals surface area (Å²) in [5, 5.41) is 6.85. The molecule has 14 rings (SSSR count). The second-order valence-electron chi connectivity index (χ2n) is 17.5. The molecule has 0 aliphatic heterocycles. The van der Waals surface area contributed by atoms with Crippen LogP contribution in [0, 0.1) is 0 Å². The average molecular weight is 899 g/mol. The van der Waals surface area contributed by atoms with Crippen LogP contribution in [0.3, 0.4) is 0 Å². The Balaban J connectivity index is 0.927. The van der Waals surface area contributed by atoms with E-state index in [-0.39, 0.29) is 0 Å². The fraction of sp³-hybridized carbons (Fsp3) is 0. The van der Waals surface area contributed by atoms with Gasteiger partial charge in [0.05, 0.1) is 11.0 Å². The minimum atomic E-state index is 0.581. The molecule has 0 atom stereocenters. The summed E-state index contributed by atoms with van der Waals surface area (Å²) in [4.78, 5) is 15.9. The minimum Gasteiger partial charge on any atom is -0.456 e. The van der Waals surface area contributed by atoms with Crippen LogP contribution >= 0.6 is 11.3 Å². The number of thiophene rings is 1. The van der Waals surface area contributed by atoms with Gasteiger partial charge < -0.3 is 8.98 Å². The number of hydrogen-bond acceptors (Lipinski definition) is 5. The van der Waals surface area contributed by atoms with Crippen molar-refractivity contribution in [2.24, 2.45) is 0 Å². The predicted molar refractivity (Wildman–Crippen MR) is 287 cm³/mol. The van der Waals surface area contributed by atoms with Gasteiger partial charge in [0, 0.05) is 64.1 Å². The normalized spacial score (nSPS) is 11.8. The summed E-state index contributed by atoms with van der Waals surface area (Å²) in [6.45, 7) is 0. The molecule has 4 heterocycles. The zero-order valence-corrected chi connectivity index (χ0v) is 37.9. The summed E-state index contributed by atoms with van der Waals surface area (Å²) in [6.07, 6.45) is 0. The predicted octanol–water partition coefficient (Wildman–Crippen LogP) is 17.2. The van der Waals surface area contributed by atoms with Crippen molar-refractivity contribution in [1.82, 2.24) is 19.5 Å². The molecule has 0 bridgehead atoms. The number of nitrogens with zero attached hydrogens (tertiary/aromatic N) is 4. The number of fused-ring (bicyclic) bond motifs is 9. The topological polar surface area (TPSA) is 56.7 Å². The van der Waals surface area contributed by atoms with Gasteiger partial charge in [0.2, 0.25) is 0 Å². The van der Waals surface area contributed by atoms with Crippen molar-refractivity contribution in [3.8, 4) is 73.2 Å². The number of rotatable bonds is 7. The van der Waals surface area contributed by atoms with E-state index in [1.54, 1.807) is 0 Å². The maximum Gasteiger partial charge on any atom is 0.164 e. The molecule has 5 nitrogen and oxygen atoms in total. The molecule has 69 heavy (non-hydrogen) atoms. The third kappa shape index (κ3) is 6.49. The Hall–Kier alpha value is -8.97. The Morgan fingerprint density at radius 2 is 0.899 bits per heavy atom. The summed E-state index contributed by atoms with van der Waals surface area (Å²) >= 11 is 1.82. The highest BCUT2D eigenvalue weighted by Crippen LogP contribution is 2.44. The molecule has 322 valence electrons. The average Bonchev–Trinajstić information content (AvgIpc) is 4.11. The Kier molecular flexibility index (Phi) is 9.00. The molecule has 0 N–H and O–H groups in total. The summed E-state index contributed by atoms with van der Waals surface area (Å²) in [7, 11) is 0. The van der Waals surface area contributed by atoms with Gasteiger partial charge in [-0.05, 0) is 94.0 Å². The lowest BCUT2D eigenvalue weighted by Crippen LogP contribution is -2.01. The molecule has 0 spiro atoms. The summed E-state index contributed by atoms with van der Waals surface area (Å²) in [6, 6.07) is 81.5. The smallest absolute Gasteiger partial charge is 0.164 e. The van der Waals surface area contributed by atoms with Crippen LogP contribution in [-0.2, 0) is 0 Å². The molecule has 0 fully saturated rings. The van der Waals surface area contributed by atoms with Gasteiger partial charge in [-0.1, -0.05) is 170 Å². The highest BCUT2D eigenvalue weighted by molar-refractivity contribution is 7.25. The van der Waals surface area contributed by atoms with Gasteiger partial charge in [-0.3, -0.25) is 0 Å². The monoisotopic (exact) mass is 898 g/mol. The van der Waals surface area contributed by atoms with E-state index in [9.17, 15) is 0 Å². The first-order valence-electron chi connectivity index (χ1n) is 23.2. The summed E-state index contributed by atoms with van der Waals surface area (Å²) in [5.74, 6) is 1.79. The number of furan rings is 1. The first-order chi connectivity index (χ1) is 34.2. The van der Waals surface area contributed by atoms with E-state index in [4.69, 9.17) is 19.4 Å². The molecule has 0 saturated carbocycles. The van der Waals surface area contributed by atoms with E-state index in [1.807, 2.05) is 41.7 Å². The molecular weight excluding hydrogens is 861 g/mol. The molecule has 14 aromatic rings. The lowest BCUT2D eigenvalue weighted by molar-refractivity contribution is 0.669. The zero-order valence-electron chi connectivity index (χ0n) is 37.0. The maximum absolute atomic E-state index is 6.63. The first kappa shape index (κ1) is 39.2. The third-order valence-electron chi connectivity index (χ3n) is 13.5. The van der Waals surface area contributed by atoms with Crippen LogP contribution in [-0.4, -0.2) is 19.5 Å². The van der Waals surface area contributed by atoms with Crippen molar-refractivity contribution >= 4 is 75.3 Å². The molecular formula is C63H38N4OS. The van der Waals surface area contributed by atoms with Crippen molar-refractivity contribution in [2.45, 2.75) is 0 Å². The van der Waals surface area contributed by atoms with Crippen LogP contribution in [0.4, 0.5) is 0 Å². The van der Waals surface area contributed by atoms with Gasteiger partial charge >= 0.3 is 0 Å². The fourth-order valence-corrected chi connectivity index (χ4v) is 11.5. The van der Waals surface area contributed by atoms with Crippen molar-refractivity contribution < 1.29 is 4.42 Å². The molecule has 4 aromatic heterocycles. The number of para-hydroxylation sites is 1. The molecule has 6 heteroatoms. The van der Waals surface area contributed by atoms with Gasteiger partial charge in [0.1, 0.15) is 11.2 Å². The number of hydrogen-bond donors (Lipinski definition) is 0. The Labute approximate surface area is 400 Å². The van der Waals surface area contributed by atoms with E-state index in [2.05, 4.69) is 205 Å². The Morgan fingerprint density at radius 1 is 0.319 bits per heavy atom. The highest BCUT2D eigenvalue weighted by Gasteiger charge is 2.22. The fourth-order valence-electron chi connectivity index (χ4n) is 10.3. The Morgan fingerprint density at radius 3 is 1.75 bits per heavy atom. The van der Waals surface area contributed by atoms with Crippen molar-refractivity contribution in [3.63, 3.8) is 0 Å². The van der Waals surface area contributed by atoms with Crippen LogP contribution in [0.2, 0.25) is 0 Å². The molecule has 0 unspecified atom stereocenters. The standard InChI is InChI=1S/C63H38N4OS/c1-3-16-39(17-4-1)41-20-13-21-44(36-41)67-53-28-11-9-23-46(53)51-37-42(32-34-54(51)67)43-33-35-55-52(38-43)59-50(27-14-29-56(59)68-55)63-65-61(40-18-5-2-6-19-40)64-62(66-63)48-24-8-7-22-45(48)47-26-15-31-58-60(47)49-25-10-12-30-57(49)69-58/h1-38H. The van der Waals surface area contributed by atoms with Gasteiger partial charge in [0.25, 0.3) is 0 Å². The molecule has 0 saturated heterocycles. The number of aromatic nitrogens is 4. The lowest BCUT2D eigenvalue weighted by atomic mass is 9.95. The van der Waals surface area contributed by atoms with E-state index in [0.717, 1.165) is 72.1 Å². The second-order valence-corrected chi connectivity index (χ2v) is 18.6. The van der Waals surface area contributed by atoms with Gasteiger partial charge in [-0.25, -0.2) is 15.0 Å². The van der Waals surface area contributed by atoms with Gasteiger partial charge in [-0.15, -0.1) is 11.3 Å². The van der Waals surface area contributed by atoms with Crippen LogP contribution in [0.1, 0.15) is 0 Å². The molecule has 10 aromatic carbocycles. The molecule has 0 amide bonds. The van der Waals surface area contributed by atoms with Crippen LogP contribution < -0.4 is 0 Å². The van der Waals surface area contributed by atoms with E-state index >= 15 is 0 Å². The van der Waals surface area contributed by atoms with Crippen LogP contribution in [0.5, 0.6) is 0 Å². The van der Waals surface area contributed by atoms with Crippen molar-refractivity contribution in [3.05, 3.63) is 231 Å². The zero-order chi connectivity index (χ0) is 45.4. The van der Waals surface area contributed by atoms with Crippen LogP contribution in [0.15, 0.2) is 235 Å².